The SMILES string of the molecule is CCC(=C[PH+]=O)C(C)(C)CC(C)(C)C. The molecule has 0 fully saturated rings. The largest absolute Gasteiger partial charge is 0.355 e. The molecule has 0 aromatic heterocycles. The van der Waals surface area contributed by atoms with Gasteiger partial charge in [0.25, 0.3) is 0 Å². The van der Waals surface area contributed by atoms with E-state index in [2.05, 4.69) is 41.5 Å². The van der Waals surface area contributed by atoms with Crippen LogP contribution in [-0.2, 0) is 4.57 Å². The van der Waals surface area contributed by atoms with Crippen LogP contribution in [0.25, 0.3) is 0 Å². The van der Waals surface area contributed by atoms with Crippen LogP contribution in [0.3, 0.4) is 0 Å². The predicted molar refractivity (Wildman–Crippen MR) is 65.2 cm³/mol. The van der Waals surface area contributed by atoms with Crippen LogP contribution in [0.1, 0.15) is 54.4 Å². The molecule has 0 saturated heterocycles. The molecule has 0 radical (unpaired) electrons. The van der Waals surface area contributed by atoms with Gasteiger partial charge in [-0.3, -0.25) is 0 Å². The quantitative estimate of drug-likeness (QED) is 0.617. The molecule has 0 spiro atoms. The molecule has 0 amide bonds. The lowest BCUT2D eigenvalue weighted by Gasteiger charge is -2.33. The predicted octanol–water partition coefficient (Wildman–Crippen LogP) is 4.77. The Kier molecular flexibility index (Phi) is 5.01. The van der Waals surface area contributed by atoms with E-state index in [4.69, 9.17) is 0 Å². The Bertz CT molecular complexity index is 221. The van der Waals surface area contributed by atoms with Crippen molar-refractivity contribution < 1.29 is 4.57 Å². The Hall–Kier alpha value is -0.160. The molecule has 2 heteroatoms. The summed E-state index contributed by atoms with van der Waals surface area (Å²) < 4.78 is 10.7. The van der Waals surface area contributed by atoms with Crippen molar-refractivity contribution in [3.8, 4) is 0 Å². The molecule has 1 unspecified atom stereocenters. The normalized spacial score (nSPS) is 14.9. The van der Waals surface area contributed by atoms with Gasteiger partial charge >= 0.3 is 8.46 Å². The highest BCUT2D eigenvalue weighted by Crippen LogP contribution is 2.40. The minimum atomic E-state index is -0.307. The van der Waals surface area contributed by atoms with Gasteiger partial charge in [-0.2, -0.15) is 0 Å². The monoisotopic (exact) mass is 215 g/mol. The van der Waals surface area contributed by atoms with E-state index >= 15 is 0 Å². The maximum atomic E-state index is 10.7. The molecule has 1 nitrogen and oxygen atoms in total. The molecule has 0 aromatic carbocycles. The summed E-state index contributed by atoms with van der Waals surface area (Å²) in [5, 5.41) is 0. The second-order valence-electron chi connectivity index (χ2n) is 5.76. The number of hydrogen-bond acceptors (Lipinski definition) is 1. The van der Waals surface area contributed by atoms with Gasteiger partial charge in [-0.15, -0.1) is 0 Å². The highest BCUT2D eigenvalue weighted by Gasteiger charge is 2.29. The fourth-order valence-corrected chi connectivity index (χ4v) is 3.02. The minimum Gasteiger partial charge on any atom is -0.0714 e. The summed E-state index contributed by atoms with van der Waals surface area (Å²) in [5.74, 6) is 1.88. The fraction of sp³-hybridized carbons (Fsp3) is 0.833. The van der Waals surface area contributed by atoms with Crippen molar-refractivity contribution in [2.75, 3.05) is 0 Å². The lowest BCUT2D eigenvalue weighted by molar-refractivity contribution is 0.246. The van der Waals surface area contributed by atoms with Gasteiger partial charge in [0.15, 0.2) is 5.82 Å². The Morgan fingerprint density at radius 2 is 1.71 bits per heavy atom. The maximum absolute atomic E-state index is 10.7. The van der Waals surface area contributed by atoms with Crippen molar-refractivity contribution in [3.05, 3.63) is 11.4 Å². The van der Waals surface area contributed by atoms with Crippen molar-refractivity contribution in [2.45, 2.75) is 54.4 Å². The molecule has 82 valence electrons. The Labute approximate surface area is 90.2 Å². The summed E-state index contributed by atoms with van der Waals surface area (Å²) in [5.41, 5.74) is 1.81. The third-order valence-electron chi connectivity index (χ3n) is 2.46. The summed E-state index contributed by atoms with van der Waals surface area (Å²) >= 11 is 0. The highest BCUT2D eigenvalue weighted by molar-refractivity contribution is 7.27. The van der Waals surface area contributed by atoms with E-state index in [0.29, 0.717) is 5.41 Å². The molecule has 0 aliphatic rings. The van der Waals surface area contributed by atoms with E-state index in [9.17, 15) is 4.57 Å². The standard InChI is InChI=1S/C12H23OP/c1-7-10(8-14-13)12(5,6)9-11(2,3)4/h8H,7,9H2,1-6H3/p+1. The van der Waals surface area contributed by atoms with E-state index in [0.717, 1.165) is 12.8 Å². The molecule has 1 atom stereocenters. The van der Waals surface area contributed by atoms with Gasteiger partial charge in [0.1, 0.15) is 0 Å². The first-order chi connectivity index (χ1) is 6.23. The van der Waals surface area contributed by atoms with Gasteiger partial charge in [-0.1, -0.05) is 46.1 Å². The molecular weight excluding hydrogens is 191 g/mol. The van der Waals surface area contributed by atoms with E-state index in [1.807, 2.05) is 5.82 Å². The third kappa shape index (κ3) is 4.91. The summed E-state index contributed by atoms with van der Waals surface area (Å²) in [6, 6.07) is 0. The fourth-order valence-electron chi connectivity index (χ4n) is 2.29. The van der Waals surface area contributed by atoms with Gasteiger partial charge in [0, 0.05) is 0 Å². The molecule has 0 aliphatic heterocycles. The van der Waals surface area contributed by atoms with Gasteiger partial charge < -0.3 is 0 Å². The van der Waals surface area contributed by atoms with E-state index in [1.165, 1.54) is 5.57 Å². The zero-order chi connectivity index (χ0) is 11.4. The second kappa shape index (κ2) is 5.07. The van der Waals surface area contributed by atoms with Crippen molar-refractivity contribution >= 4 is 8.46 Å². The number of allylic oxidation sites excluding steroid dienone is 1. The van der Waals surface area contributed by atoms with Gasteiger partial charge in [-0.25, -0.2) is 0 Å². The summed E-state index contributed by atoms with van der Waals surface area (Å²) in [4.78, 5) is 0. The summed E-state index contributed by atoms with van der Waals surface area (Å²) in [7, 11) is -0.307. The lowest BCUT2D eigenvalue weighted by atomic mass is 9.72. The van der Waals surface area contributed by atoms with Crippen LogP contribution in [0.15, 0.2) is 11.4 Å². The van der Waals surface area contributed by atoms with Crippen LogP contribution in [0.5, 0.6) is 0 Å². The van der Waals surface area contributed by atoms with Crippen molar-refractivity contribution in [3.63, 3.8) is 0 Å². The van der Waals surface area contributed by atoms with Gasteiger partial charge in [-0.05, 0) is 29.2 Å². The zero-order valence-corrected chi connectivity index (χ0v) is 11.4. The third-order valence-corrected chi connectivity index (χ3v) is 2.92. The average Bonchev–Trinajstić information content (AvgIpc) is 1.94. The lowest BCUT2D eigenvalue weighted by Crippen LogP contribution is -2.22. The van der Waals surface area contributed by atoms with Crippen LogP contribution >= 0.6 is 8.46 Å². The zero-order valence-electron chi connectivity index (χ0n) is 10.4. The van der Waals surface area contributed by atoms with E-state index in [1.54, 1.807) is 0 Å². The smallest absolute Gasteiger partial charge is 0.0714 e. The number of hydrogen-bond donors (Lipinski definition) is 0. The first-order valence-corrected chi connectivity index (χ1v) is 6.28. The van der Waals surface area contributed by atoms with Crippen LogP contribution in [-0.4, -0.2) is 0 Å². The van der Waals surface area contributed by atoms with Crippen LogP contribution in [0.2, 0.25) is 0 Å². The second-order valence-corrected chi connectivity index (χ2v) is 6.29. The van der Waals surface area contributed by atoms with Gasteiger partial charge in [0.05, 0.1) is 0 Å². The molecule has 14 heavy (non-hydrogen) atoms. The molecular formula is C12H24OP+. The highest BCUT2D eigenvalue weighted by atomic mass is 31.1. The molecule has 0 saturated carbocycles. The molecule has 0 rings (SSSR count). The first kappa shape index (κ1) is 13.8. The van der Waals surface area contributed by atoms with Crippen LogP contribution < -0.4 is 0 Å². The minimum absolute atomic E-state index is 0.171. The molecule has 0 N–H and O–H groups in total. The number of rotatable bonds is 4. The van der Waals surface area contributed by atoms with Crippen molar-refractivity contribution in [1.82, 2.24) is 0 Å². The molecule has 0 bridgehead atoms. The first-order valence-electron chi connectivity index (χ1n) is 5.30. The van der Waals surface area contributed by atoms with Crippen LogP contribution in [0.4, 0.5) is 0 Å². The molecule has 0 aromatic rings. The average molecular weight is 215 g/mol. The van der Waals surface area contributed by atoms with E-state index < -0.39 is 0 Å². The molecule has 0 heterocycles. The topological polar surface area (TPSA) is 17.1 Å². The summed E-state index contributed by atoms with van der Waals surface area (Å²) in [6.45, 7) is 13.4. The Morgan fingerprint density at radius 3 is 2.00 bits per heavy atom. The summed E-state index contributed by atoms with van der Waals surface area (Å²) in [6.07, 6.45) is 2.13. The van der Waals surface area contributed by atoms with E-state index in [-0.39, 0.29) is 13.9 Å². The molecule has 0 aliphatic carbocycles. The van der Waals surface area contributed by atoms with Crippen molar-refractivity contribution in [1.29, 1.82) is 0 Å². The van der Waals surface area contributed by atoms with Crippen LogP contribution in [0, 0.1) is 10.8 Å². The Morgan fingerprint density at radius 1 is 1.21 bits per heavy atom. The Balaban J connectivity index is 4.74. The maximum Gasteiger partial charge on any atom is 0.355 e. The van der Waals surface area contributed by atoms with Gasteiger partial charge in [0.2, 0.25) is 0 Å². The van der Waals surface area contributed by atoms with Crippen molar-refractivity contribution in [2.24, 2.45) is 10.8 Å².